The minimum atomic E-state index is 0. The molecular weight excluding hydrogens is 180 g/mol. The Hall–Kier alpha value is -2.20. The maximum absolute atomic E-state index is 4.72. The van der Waals surface area contributed by atoms with Gasteiger partial charge in [-0.2, -0.15) is 0 Å². The van der Waals surface area contributed by atoms with Crippen LogP contribution in [0.1, 0.15) is 35.1 Å². The molecule has 0 saturated heterocycles. The minimum absolute atomic E-state index is 0. The number of rotatable bonds is 0. The van der Waals surface area contributed by atoms with Crippen LogP contribution >= 0.6 is 0 Å². The van der Waals surface area contributed by atoms with Crippen LogP contribution in [0.5, 0.6) is 0 Å². The van der Waals surface area contributed by atoms with E-state index >= 15 is 0 Å². The van der Waals surface area contributed by atoms with Gasteiger partial charge in [0.2, 0.25) is 0 Å². The smallest absolute Gasteiger partial charge is 0.00168 e. The van der Waals surface area contributed by atoms with Gasteiger partial charge in [-0.25, -0.2) is 0 Å². The summed E-state index contributed by atoms with van der Waals surface area (Å²) in [5.41, 5.74) is 0. The van der Waals surface area contributed by atoms with Gasteiger partial charge in [-0.3, -0.25) is 0 Å². The first-order valence-corrected chi connectivity index (χ1v) is 3.66. The molecule has 0 unspecified atom stereocenters. The van der Waals surface area contributed by atoms with Gasteiger partial charge in [0.25, 0.3) is 0 Å². The number of terminal acetylenes is 3. The van der Waals surface area contributed by atoms with Crippen molar-refractivity contribution in [2.75, 3.05) is 0 Å². The molecule has 0 aromatic rings. The van der Waals surface area contributed by atoms with Crippen LogP contribution in [0.25, 0.3) is 0 Å². The van der Waals surface area contributed by atoms with Gasteiger partial charge in [-0.05, 0) is 39.5 Å². The molecule has 0 N–H and O–H groups in total. The third-order valence-electron chi connectivity index (χ3n) is 0.447. The average Bonchev–Trinajstić information content (AvgIpc) is 2.24. The lowest BCUT2D eigenvalue weighted by atomic mass is 10.6. The summed E-state index contributed by atoms with van der Waals surface area (Å²) >= 11 is 0. The van der Waals surface area contributed by atoms with E-state index in [0.717, 1.165) is 0 Å². The standard InChI is InChI=1S/C5H4.C4H6.C3H4.C2H2.CH4/c1-3-5-4-2;1-3-4-2;1-3-2;1-2;/h1H,2H3;1-2H3;1H,2H3;1-2H;1H4. The molecule has 0 aromatic heterocycles. The molecule has 0 bridgehead atoms. The topological polar surface area (TPSA) is 0 Å². The predicted molar refractivity (Wildman–Crippen MR) is 72.5 cm³/mol. The van der Waals surface area contributed by atoms with E-state index in [1.807, 2.05) is 13.8 Å². The van der Waals surface area contributed by atoms with Crippen molar-refractivity contribution < 1.29 is 0 Å². The van der Waals surface area contributed by atoms with Crippen LogP contribution in [0.2, 0.25) is 0 Å². The van der Waals surface area contributed by atoms with Gasteiger partial charge in [0, 0.05) is 0 Å². The van der Waals surface area contributed by atoms with Crippen molar-refractivity contribution >= 4 is 0 Å². The van der Waals surface area contributed by atoms with Crippen molar-refractivity contribution in [2.45, 2.75) is 35.1 Å². The normalized spacial score (nSPS) is 2.67. The van der Waals surface area contributed by atoms with Gasteiger partial charge in [-0.15, -0.1) is 43.5 Å². The van der Waals surface area contributed by atoms with E-state index in [1.54, 1.807) is 13.8 Å². The van der Waals surface area contributed by atoms with E-state index in [-0.39, 0.29) is 7.43 Å². The van der Waals surface area contributed by atoms with Crippen LogP contribution in [-0.4, -0.2) is 0 Å². The second kappa shape index (κ2) is 95.3. The molecule has 0 aliphatic carbocycles. The molecule has 0 heteroatoms. The van der Waals surface area contributed by atoms with E-state index in [0.29, 0.717) is 0 Å². The first-order chi connectivity index (χ1) is 6.74. The minimum Gasteiger partial charge on any atom is -0.124 e. The fourth-order valence-electron chi connectivity index (χ4n) is 0.0722. The zero-order chi connectivity index (χ0) is 12.2. The number of hydrogen-bond donors (Lipinski definition) is 0. The quantitative estimate of drug-likeness (QED) is 0.527. The Balaban J connectivity index is -0.0000000305. The molecule has 0 aliphatic rings. The molecule has 0 nitrogen and oxygen atoms in total. The Morgan fingerprint density at radius 1 is 0.733 bits per heavy atom. The highest BCUT2D eigenvalue weighted by molar-refractivity contribution is 5.20. The molecule has 0 radical (unpaired) electrons. The molecule has 80 valence electrons. The summed E-state index contributed by atoms with van der Waals surface area (Å²) in [6.07, 6.45) is 17.3. The Morgan fingerprint density at radius 3 is 1.00 bits per heavy atom. The first kappa shape index (κ1) is 29.3. The van der Waals surface area contributed by atoms with Crippen LogP contribution in [0.15, 0.2) is 0 Å². The molecule has 0 amide bonds. The van der Waals surface area contributed by atoms with Crippen molar-refractivity contribution in [3.05, 3.63) is 0 Å². The molecule has 0 saturated carbocycles. The lowest BCUT2D eigenvalue weighted by molar-refractivity contribution is 1.83. The van der Waals surface area contributed by atoms with Crippen LogP contribution < -0.4 is 0 Å². The number of hydrogen-bond acceptors (Lipinski definition) is 0. The van der Waals surface area contributed by atoms with Gasteiger partial charge < -0.3 is 0 Å². The third-order valence-corrected chi connectivity index (χ3v) is 0.447. The summed E-state index contributed by atoms with van der Waals surface area (Å²) < 4.78 is 0. The Kier molecular flexibility index (Phi) is 186. The van der Waals surface area contributed by atoms with E-state index in [2.05, 4.69) is 54.8 Å². The monoisotopic (exact) mass is 200 g/mol. The van der Waals surface area contributed by atoms with Crippen molar-refractivity contribution in [3.63, 3.8) is 0 Å². The summed E-state index contributed by atoms with van der Waals surface area (Å²) in [6, 6.07) is 0. The highest BCUT2D eigenvalue weighted by atomic mass is 13.4. The van der Waals surface area contributed by atoms with Crippen LogP contribution in [-0.2, 0) is 0 Å². The summed E-state index contributed by atoms with van der Waals surface area (Å²) in [5.74, 6) is 14.7. The van der Waals surface area contributed by atoms with E-state index in [9.17, 15) is 0 Å². The molecule has 0 fully saturated rings. The van der Waals surface area contributed by atoms with E-state index < -0.39 is 0 Å². The van der Waals surface area contributed by atoms with Crippen molar-refractivity contribution in [2.24, 2.45) is 0 Å². The SMILES string of the molecule is C.C#C.C#CC.C#CC#CC.CC#CC. The van der Waals surface area contributed by atoms with Crippen LogP contribution in [0.4, 0.5) is 0 Å². The van der Waals surface area contributed by atoms with Gasteiger partial charge >= 0.3 is 0 Å². The zero-order valence-corrected chi connectivity index (χ0v) is 9.31. The average molecular weight is 200 g/mol. The van der Waals surface area contributed by atoms with E-state index in [1.165, 1.54) is 0 Å². The fraction of sp³-hybridized carbons (Fsp3) is 0.333. The Bertz CT molecular complexity index is 275. The highest BCUT2D eigenvalue weighted by Gasteiger charge is 1.35. The third kappa shape index (κ3) is 1770. The van der Waals surface area contributed by atoms with Crippen LogP contribution in [0, 0.1) is 61.2 Å². The first-order valence-electron chi connectivity index (χ1n) is 3.66. The molecule has 0 heterocycles. The van der Waals surface area contributed by atoms with Crippen molar-refractivity contribution in [1.82, 2.24) is 0 Å². The molecule has 15 heavy (non-hydrogen) atoms. The molecule has 0 aromatic carbocycles. The maximum atomic E-state index is 4.72. The van der Waals surface area contributed by atoms with Gasteiger partial charge in [0.05, 0.1) is 0 Å². The zero-order valence-electron chi connectivity index (χ0n) is 9.31. The van der Waals surface area contributed by atoms with Gasteiger partial charge in [-0.1, -0.05) is 13.3 Å². The highest BCUT2D eigenvalue weighted by Crippen LogP contribution is 1.41. The predicted octanol–water partition coefficient (Wildman–Crippen LogP) is 3.20. The maximum Gasteiger partial charge on any atom is -0.00168 e. The second-order valence-corrected chi connectivity index (χ2v) is 1.31. The van der Waals surface area contributed by atoms with E-state index in [4.69, 9.17) is 6.42 Å². The molecule has 0 rings (SSSR count). The fourth-order valence-corrected chi connectivity index (χ4v) is 0.0722. The Labute approximate surface area is 96.9 Å². The molecule has 0 atom stereocenters. The summed E-state index contributed by atoms with van der Waals surface area (Å²) in [4.78, 5) is 0. The van der Waals surface area contributed by atoms with Crippen molar-refractivity contribution in [3.8, 4) is 61.2 Å². The van der Waals surface area contributed by atoms with Crippen LogP contribution in [0.3, 0.4) is 0 Å². The lowest BCUT2D eigenvalue weighted by Crippen LogP contribution is -1.36. The van der Waals surface area contributed by atoms with Gasteiger partial charge in [0.1, 0.15) is 0 Å². The lowest BCUT2D eigenvalue weighted by Gasteiger charge is -1.42. The Morgan fingerprint density at radius 2 is 1.00 bits per heavy atom. The largest absolute Gasteiger partial charge is 0.124 e. The van der Waals surface area contributed by atoms with Gasteiger partial charge in [0.15, 0.2) is 0 Å². The summed E-state index contributed by atoms with van der Waals surface area (Å²) in [6.45, 7) is 7.00. The molecule has 0 spiro atoms. The van der Waals surface area contributed by atoms with Crippen molar-refractivity contribution in [1.29, 1.82) is 0 Å². The molecule has 0 aliphatic heterocycles. The molecular formula is C15H20. The summed E-state index contributed by atoms with van der Waals surface area (Å²) in [5, 5.41) is 0. The summed E-state index contributed by atoms with van der Waals surface area (Å²) in [7, 11) is 0. The second-order valence-electron chi connectivity index (χ2n) is 1.31.